The number of rotatable bonds is 6. The maximum absolute atomic E-state index is 12.7. The highest BCUT2D eigenvalue weighted by Gasteiger charge is 2.35. The summed E-state index contributed by atoms with van der Waals surface area (Å²) in [4.78, 5) is 43.5. The fourth-order valence-corrected chi connectivity index (χ4v) is 4.56. The summed E-state index contributed by atoms with van der Waals surface area (Å²) < 4.78 is 12.4. The molecule has 5 rings (SSSR count). The third-order valence-corrected chi connectivity index (χ3v) is 6.39. The molecule has 3 amide bonds. The van der Waals surface area contributed by atoms with E-state index >= 15 is 0 Å². The average molecular weight is 465 g/mol. The van der Waals surface area contributed by atoms with Crippen LogP contribution in [-0.2, 0) is 9.59 Å². The molecule has 3 aromatic rings. The second-order valence-corrected chi connectivity index (χ2v) is 8.55. The predicted molar refractivity (Wildman–Crippen MR) is 123 cm³/mol. The van der Waals surface area contributed by atoms with Gasteiger partial charge in [0.05, 0.1) is 22.3 Å². The first kappa shape index (κ1) is 21.1. The first-order valence-electron chi connectivity index (χ1n) is 10.4. The highest BCUT2D eigenvalue weighted by atomic mass is 32.2. The number of aromatic nitrogens is 2. The Kier molecular flexibility index (Phi) is 5.51. The van der Waals surface area contributed by atoms with Gasteiger partial charge in [-0.1, -0.05) is 18.2 Å². The molecule has 0 aliphatic carbocycles. The molecule has 0 bridgehead atoms. The van der Waals surface area contributed by atoms with Gasteiger partial charge in [-0.05, 0) is 54.6 Å². The molecule has 1 saturated heterocycles. The highest BCUT2D eigenvalue weighted by molar-refractivity contribution is 8.18. The van der Waals surface area contributed by atoms with Gasteiger partial charge in [0.25, 0.3) is 11.1 Å². The van der Waals surface area contributed by atoms with E-state index in [9.17, 15) is 14.4 Å². The number of thioether (sulfide) groups is 1. The van der Waals surface area contributed by atoms with Gasteiger partial charge in [0.15, 0.2) is 11.5 Å². The van der Waals surface area contributed by atoms with Gasteiger partial charge in [-0.3, -0.25) is 19.3 Å². The number of imide groups is 1. The van der Waals surface area contributed by atoms with Crippen molar-refractivity contribution in [1.82, 2.24) is 19.8 Å². The zero-order valence-electron chi connectivity index (χ0n) is 17.7. The van der Waals surface area contributed by atoms with E-state index in [2.05, 4.69) is 10.3 Å². The fourth-order valence-electron chi connectivity index (χ4n) is 3.70. The van der Waals surface area contributed by atoms with Crippen molar-refractivity contribution >= 4 is 45.9 Å². The number of para-hydroxylation sites is 2. The van der Waals surface area contributed by atoms with Crippen molar-refractivity contribution in [2.45, 2.75) is 13.0 Å². The summed E-state index contributed by atoms with van der Waals surface area (Å²) in [5.41, 5.74) is 2.41. The molecule has 1 fully saturated rings. The number of hydrogen-bond donors (Lipinski definition) is 1. The minimum Gasteiger partial charge on any atom is -0.454 e. The molecule has 1 unspecified atom stereocenters. The summed E-state index contributed by atoms with van der Waals surface area (Å²) >= 11 is 0.876. The summed E-state index contributed by atoms with van der Waals surface area (Å²) in [7, 11) is 0. The number of imidazole rings is 1. The Labute approximate surface area is 193 Å². The number of carbonyl (C=O) groups excluding carboxylic acids is 3. The third kappa shape index (κ3) is 4.05. The predicted octanol–water partition coefficient (Wildman–Crippen LogP) is 3.18. The lowest BCUT2D eigenvalue weighted by Gasteiger charge is -2.17. The van der Waals surface area contributed by atoms with Crippen LogP contribution in [0, 0.1) is 0 Å². The number of fused-ring (bicyclic) bond motifs is 2. The number of benzene rings is 2. The lowest BCUT2D eigenvalue weighted by molar-refractivity contribution is -0.125. The van der Waals surface area contributed by atoms with Crippen molar-refractivity contribution in [2.24, 2.45) is 0 Å². The number of carbonyl (C=O) groups is 3. The van der Waals surface area contributed by atoms with Gasteiger partial charge in [0.2, 0.25) is 12.7 Å². The van der Waals surface area contributed by atoms with Crippen LogP contribution in [-0.4, -0.2) is 51.4 Å². The van der Waals surface area contributed by atoms with Crippen LogP contribution in [0.3, 0.4) is 0 Å². The van der Waals surface area contributed by atoms with Crippen molar-refractivity contribution in [3.8, 4) is 11.5 Å². The first-order chi connectivity index (χ1) is 16.0. The van der Waals surface area contributed by atoms with Crippen molar-refractivity contribution in [2.75, 3.05) is 19.9 Å². The Hall–Kier alpha value is -3.79. The third-order valence-electron chi connectivity index (χ3n) is 5.48. The fraction of sp³-hybridized carbons (Fsp3) is 0.217. The molecule has 0 saturated carbocycles. The zero-order valence-corrected chi connectivity index (χ0v) is 18.5. The molecule has 33 heavy (non-hydrogen) atoms. The van der Waals surface area contributed by atoms with Gasteiger partial charge >= 0.3 is 0 Å². The van der Waals surface area contributed by atoms with E-state index in [1.54, 1.807) is 42.1 Å². The molecule has 3 heterocycles. The monoisotopic (exact) mass is 464 g/mol. The SMILES string of the molecule is CC(C(=O)NCCN1C(=O)S/C(=C\c2ccc3c(c2)OCO3)C1=O)n1cnc2ccccc21. The molecular weight excluding hydrogens is 444 g/mol. The van der Waals surface area contributed by atoms with E-state index in [1.165, 1.54) is 0 Å². The number of hydrogen-bond acceptors (Lipinski definition) is 7. The number of ether oxygens (including phenoxy) is 2. The van der Waals surface area contributed by atoms with Crippen LogP contribution in [0.5, 0.6) is 11.5 Å². The number of amides is 3. The van der Waals surface area contributed by atoms with Crippen LogP contribution in [0.2, 0.25) is 0 Å². The van der Waals surface area contributed by atoms with Crippen LogP contribution in [0.25, 0.3) is 17.1 Å². The highest BCUT2D eigenvalue weighted by Crippen LogP contribution is 2.36. The van der Waals surface area contributed by atoms with E-state index in [4.69, 9.17) is 9.47 Å². The molecule has 2 aliphatic rings. The molecule has 0 spiro atoms. The Morgan fingerprint density at radius 3 is 2.91 bits per heavy atom. The minimum atomic E-state index is -0.488. The molecule has 1 atom stereocenters. The van der Waals surface area contributed by atoms with E-state index in [0.717, 1.165) is 33.3 Å². The standard InChI is InChI=1S/C23H20N4O5S/c1-14(27-12-25-16-4-2-3-5-17(16)27)21(28)24-8-9-26-22(29)20(33-23(26)30)11-15-6-7-18-19(10-15)32-13-31-18/h2-7,10-12,14H,8-9,13H2,1H3,(H,24,28)/b20-11-. The van der Waals surface area contributed by atoms with E-state index in [-0.39, 0.29) is 36.9 Å². The topological polar surface area (TPSA) is 103 Å². The van der Waals surface area contributed by atoms with Crippen LogP contribution < -0.4 is 14.8 Å². The van der Waals surface area contributed by atoms with Gasteiger partial charge in [-0.25, -0.2) is 4.98 Å². The van der Waals surface area contributed by atoms with Gasteiger partial charge in [-0.15, -0.1) is 0 Å². The lowest BCUT2D eigenvalue weighted by atomic mass is 10.2. The molecule has 2 aliphatic heterocycles. The molecule has 9 nitrogen and oxygen atoms in total. The van der Waals surface area contributed by atoms with Gasteiger partial charge in [-0.2, -0.15) is 0 Å². The van der Waals surface area contributed by atoms with Gasteiger partial charge < -0.3 is 19.4 Å². The Morgan fingerprint density at radius 2 is 2.03 bits per heavy atom. The van der Waals surface area contributed by atoms with Crippen molar-refractivity contribution in [3.05, 3.63) is 59.3 Å². The normalized spacial score (nSPS) is 17.2. The molecule has 1 aromatic heterocycles. The minimum absolute atomic E-state index is 0.0896. The quantitative estimate of drug-likeness (QED) is 0.559. The average Bonchev–Trinajstić information content (AvgIpc) is 3.52. The largest absolute Gasteiger partial charge is 0.454 e. The smallest absolute Gasteiger partial charge is 0.293 e. The Bertz CT molecular complexity index is 1300. The van der Waals surface area contributed by atoms with Crippen molar-refractivity contribution < 1.29 is 23.9 Å². The Balaban J connectivity index is 1.20. The molecular formula is C23H20N4O5S. The maximum atomic E-state index is 12.7. The van der Waals surface area contributed by atoms with E-state index in [0.29, 0.717) is 16.4 Å². The second kappa shape index (κ2) is 8.62. The van der Waals surface area contributed by atoms with E-state index < -0.39 is 6.04 Å². The van der Waals surface area contributed by atoms with Crippen molar-refractivity contribution in [1.29, 1.82) is 0 Å². The summed E-state index contributed by atoms with van der Waals surface area (Å²) in [6.45, 7) is 2.19. The zero-order chi connectivity index (χ0) is 22.9. The molecule has 1 N–H and O–H groups in total. The molecule has 168 valence electrons. The van der Waals surface area contributed by atoms with Crippen LogP contribution in [0.1, 0.15) is 18.5 Å². The Morgan fingerprint density at radius 1 is 1.21 bits per heavy atom. The maximum Gasteiger partial charge on any atom is 0.293 e. The summed E-state index contributed by atoms with van der Waals surface area (Å²) in [5, 5.41) is 2.44. The molecule has 2 aromatic carbocycles. The summed E-state index contributed by atoms with van der Waals surface area (Å²) in [5.74, 6) is 0.644. The first-order valence-corrected chi connectivity index (χ1v) is 11.2. The molecule has 10 heteroatoms. The van der Waals surface area contributed by atoms with E-state index in [1.807, 2.05) is 24.3 Å². The van der Waals surface area contributed by atoms with Crippen molar-refractivity contribution in [3.63, 3.8) is 0 Å². The number of nitrogens with one attached hydrogen (secondary N) is 1. The van der Waals surface area contributed by atoms with Gasteiger partial charge in [0, 0.05) is 13.1 Å². The van der Waals surface area contributed by atoms with Crippen LogP contribution in [0.4, 0.5) is 4.79 Å². The lowest BCUT2D eigenvalue weighted by Crippen LogP contribution is -2.39. The van der Waals surface area contributed by atoms with Crippen LogP contribution in [0.15, 0.2) is 53.7 Å². The number of nitrogens with zero attached hydrogens (tertiary/aromatic N) is 3. The summed E-state index contributed by atoms with van der Waals surface area (Å²) in [6.07, 6.45) is 3.28. The molecule has 0 radical (unpaired) electrons. The van der Waals surface area contributed by atoms with Crippen LogP contribution >= 0.6 is 11.8 Å². The van der Waals surface area contributed by atoms with Gasteiger partial charge in [0.1, 0.15) is 6.04 Å². The summed E-state index contributed by atoms with van der Waals surface area (Å²) in [6, 6.07) is 12.4. The second-order valence-electron chi connectivity index (χ2n) is 7.55.